The number of hydrogen-bond donors (Lipinski definition) is 2. The SMILES string of the molecule is CCCCP(=O)(O)C(C)C(C)C(=O)O. The third kappa shape index (κ3) is 3.81. The van der Waals surface area contributed by atoms with E-state index in [0.29, 0.717) is 6.42 Å². The summed E-state index contributed by atoms with van der Waals surface area (Å²) in [4.78, 5) is 20.3. The molecule has 0 aliphatic heterocycles. The molecule has 0 rings (SSSR count). The summed E-state index contributed by atoms with van der Waals surface area (Å²) in [5, 5.41) is 8.71. The van der Waals surface area contributed by atoms with Crippen LogP contribution >= 0.6 is 7.37 Å². The lowest BCUT2D eigenvalue weighted by Gasteiger charge is -2.22. The van der Waals surface area contributed by atoms with Gasteiger partial charge < -0.3 is 10.00 Å². The Labute approximate surface area is 84.8 Å². The maximum Gasteiger partial charge on any atom is 0.307 e. The van der Waals surface area contributed by atoms with Gasteiger partial charge in [0.05, 0.1) is 5.92 Å². The second-order valence-corrected chi connectivity index (χ2v) is 6.47. The van der Waals surface area contributed by atoms with Gasteiger partial charge in [0.1, 0.15) is 0 Å². The van der Waals surface area contributed by atoms with Crippen molar-refractivity contribution in [2.75, 3.05) is 6.16 Å². The molecular formula is C9H19O4P. The number of hydrogen-bond acceptors (Lipinski definition) is 2. The Kier molecular flexibility index (Phi) is 5.38. The molecule has 0 amide bonds. The van der Waals surface area contributed by atoms with Crippen LogP contribution < -0.4 is 0 Å². The average molecular weight is 222 g/mol. The lowest BCUT2D eigenvalue weighted by atomic mass is 10.1. The van der Waals surface area contributed by atoms with E-state index < -0.39 is 24.9 Å². The zero-order chi connectivity index (χ0) is 11.4. The zero-order valence-corrected chi connectivity index (χ0v) is 9.83. The third-order valence-electron chi connectivity index (χ3n) is 2.58. The first kappa shape index (κ1) is 13.7. The molecule has 4 nitrogen and oxygen atoms in total. The van der Waals surface area contributed by atoms with E-state index >= 15 is 0 Å². The summed E-state index contributed by atoms with van der Waals surface area (Å²) in [6.45, 7) is 4.95. The fourth-order valence-electron chi connectivity index (χ4n) is 1.14. The minimum atomic E-state index is -3.29. The average Bonchev–Trinajstić information content (AvgIpc) is 2.12. The number of unbranched alkanes of at least 4 members (excludes halogenated alkanes) is 1. The summed E-state index contributed by atoms with van der Waals surface area (Å²) >= 11 is 0. The third-order valence-corrected chi connectivity index (χ3v) is 5.26. The van der Waals surface area contributed by atoms with E-state index in [9.17, 15) is 14.3 Å². The first-order valence-electron chi connectivity index (χ1n) is 4.87. The van der Waals surface area contributed by atoms with Crippen LogP contribution in [0.25, 0.3) is 0 Å². The van der Waals surface area contributed by atoms with Crippen molar-refractivity contribution < 1.29 is 19.4 Å². The number of rotatable bonds is 6. The molecule has 0 saturated carbocycles. The Morgan fingerprint density at radius 2 is 1.93 bits per heavy atom. The molecule has 0 aliphatic carbocycles. The Bertz CT molecular complexity index is 239. The summed E-state index contributed by atoms with van der Waals surface area (Å²) in [7, 11) is -3.29. The van der Waals surface area contributed by atoms with E-state index in [1.807, 2.05) is 6.92 Å². The quantitative estimate of drug-likeness (QED) is 0.675. The molecule has 0 fully saturated rings. The molecule has 14 heavy (non-hydrogen) atoms. The van der Waals surface area contributed by atoms with Crippen molar-refractivity contribution in [2.24, 2.45) is 5.92 Å². The van der Waals surface area contributed by atoms with Crippen LogP contribution in [0.5, 0.6) is 0 Å². The van der Waals surface area contributed by atoms with Crippen molar-refractivity contribution in [3.05, 3.63) is 0 Å². The molecule has 0 aromatic rings. The fraction of sp³-hybridized carbons (Fsp3) is 0.889. The van der Waals surface area contributed by atoms with Gasteiger partial charge in [-0.15, -0.1) is 0 Å². The van der Waals surface area contributed by atoms with Gasteiger partial charge in [0.25, 0.3) is 0 Å². The molecule has 3 atom stereocenters. The Balaban J connectivity index is 4.41. The second-order valence-electron chi connectivity index (χ2n) is 3.70. The van der Waals surface area contributed by atoms with Crippen LogP contribution in [-0.4, -0.2) is 27.8 Å². The molecule has 3 unspecified atom stereocenters. The van der Waals surface area contributed by atoms with E-state index in [4.69, 9.17) is 5.11 Å². The van der Waals surface area contributed by atoms with Gasteiger partial charge in [-0.05, 0) is 6.42 Å². The minimum absolute atomic E-state index is 0.224. The fourth-order valence-corrected chi connectivity index (χ4v) is 3.15. The van der Waals surface area contributed by atoms with E-state index in [2.05, 4.69) is 0 Å². The summed E-state index contributed by atoms with van der Waals surface area (Å²) in [6, 6.07) is 0. The van der Waals surface area contributed by atoms with Crippen LogP contribution in [0.4, 0.5) is 0 Å². The van der Waals surface area contributed by atoms with Gasteiger partial charge in [0, 0.05) is 11.8 Å². The number of carboxylic acid groups (broad SMARTS) is 1. The Morgan fingerprint density at radius 3 is 2.29 bits per heavy atom. The van der Waals surface area contributed by atoms with Crippen molar-refractivity contribution in [3.8, 4) is 0 Å². The summed E-state index contributed by atoms with van der Waals surface area (Å²) in [5.41, 5.74) is -0.661. The van der Waals surface area contributed by atoms with Gasteiger partial charge in [-0.2, -0.15) is 0 Å². The monoisotopic (exact) mass is 222 g/mol. The minimum Gasteiger partial charge on any atom is -0.481 e. The van der Waals surface area contributed by atoms with E-state index in [0.717, 1.165) is 6.42 Å². The molecule has 0 radical (unpaired) electrons. The van der Waals surface area contributed by atoms with Crippen molar-refractivity contribution in [1.82, 2.24) is 0 Å². The molecule has 0 saturated heterocycles. The molecule has 0 aliphatic rings. The van der Waals surface area contributed by atoms with Gasteiger partial charge in [-0.1, -0.05) is 27.2 Å². The van der Waals surface area contributed by atoms with Crippen molar-refractivity contribution in [3.63, 3.8) is 0 Å². The normalized spacial score (nSPS) is 19.7. The molecule has 0 aromatic heterocycles. The highest BCUT2D eigenvalue weighted by Gasteiger charge is 2.34. The largest absolute Gasteiger partial charge is 0.481 e. The predicted octanol–water partition coefficient (Wildman–Crippen LogP) is 2.17. The van der Waals surface area contributed by atoms with Gasteiger partial charge in [-0.3, -0.25) is 9.36 Å². The van der Waals surface area contributed by atoms with E-state index in [1.54, 1.807) is 0 Å². The summed E-state index contributed by atoms with van der Waals surface area (Å²) in [6.07, 6.45) is 1.74. The van der Waals surface area contributed by atoms with Crippen molar-refractivity contribution >= 4 is 13.3 Å². The first-order chi connectivity index (χ1) is 6.33. The van der Waals surface area contributed by atoms with Crippen molar-refractivity contribution in [1.29, 1.82) is 0 Å². The van der Waals surface area contributed by atoms with Crippen LogP contribution in [0.3, 0.4) is 0 Å². The van der Waals surface area contributed by atoms with Gasteiger partial charge >= 0.3 is 5.97 Å². The predicted molar refractivity (Wildman–Crippen MR) is 55.9 cm³/mol. The highest BCUT2D eigenvalue weighted by Crippen LogP contribution is 2.49. The molecule has 2 N–H and O–H groups in total. The summed E-state index contributed by atoms with van der Waals surface area (Å²) in [5.74, 6) is -1.77. The van der Waals surface area contributed by atoms with Gasteiger partial charge in [0.2, 0.25) is 7.37 Å². The smallest absolute Gasteiger partial charge is 0.307 e. The van der Waals surface area contributed by atoms with Crippen LogP contribution in [0.1, 0.15) is 33.6 Å². The van der Waals surface area contributed by atoms with E-state index in [1.165, 1.54) is 13.8 Å². The number of carboxylic acids is 1. The highest BCUT2D eigenvalue weighted by molar-refractivity contribution is 7.58. The molecule has 0 bridgehead atoms. The van der Waals surface area contributed by atoms with Crippen LogP contribution in [0.15, 0.2) is 0 Å². The zero-order valence-electron chi connectivity index (χ0n) is 8.93. The maximum absolute atomic E-state index is 11.7. The topological polar surface area (TPSA) is 74.6 Å². The van der Waals surface area contributed by atoms with E-state index in [-0.39, 0.29) is 6.16 Å². The number of carbonyl (C=O) groups is 1. The molecule has 84 valence electrons. The second kappa shape index (κ2) is 5.52. The molecule has 5 heteroatoms. The standard InChI is InChI=1S/C9H19O4P/c1-4-5-6-14(12,13)8(3)7(2)9(10)11/h7-8H,4-6H2,1-3H3,(H,10,11)(H,12,13). The lowest BCUT2D eigenvalue weighted by molar-refractivity contribution is -0.141. The Hall–Kier alpha value is -0.340. The number of aliphatic carboxylic acids is 1. The summed E-state index contributed by atoms with van der Waals surface area (Å²) < 4.78 is 11.7. The van der Waals surface area contributed by atoms with Crippen LogP contribution in [0.2, 0.25) is 0 Å². The maximum atomic E-state index is 11.7. The van der Waals surface area contributed by atoms with Gasteiger partial charge in [0.15, 0.2) is 0 Å². The highest BCUT2D eigenvalue weighted by atomic mass is 31.2. The molecule has 0 aromatic carbocycles. The molecule has 0 heterocycles. The van der Waals surface area contributed by atoms with Gasteiger partial charge in [-0.25, -0.2) is 0 Å². The lowest BCUT2D eigenvalue weighted by Crippen LogP contribution is -2.23. The Morgan fingerprint density at radius 1 is 1.43 bits per heavy atom. The molecular weight excluding hydrogens is 203 g/mol. The van der Waals surface area contributed by atoms with Crippen molar-refractivity contribution in [2.45, 2.75) is 39.3 Å². The molecule has 0 spiro atoms. The first-order valence-corrected chi connectivity index (χ1v) is 6.78. The van der Waals surface area contributed by atoms with Crippen LogP contribution in [-0.2, 0) is 9.36 Å². The van der Waals surface area contributed by atoms with Crippen LogP contribution in [0, 0.1) is 5.92 Å².